The Morgan fingerprint density at radius 1 is 1.14 bits per heavy atom. The largest absolute Gasteiger partial charge is 0.508 e. The van der Waals surface area contributed by atoms with Crippen LogP contribution in [0.4, 0.5) is 5.82 Å². The molecule has 0 unspecified atom stereocenters. The van der Waals surface area contributed by atoms with E-state index < -0.39 is 0 Å². The lowest BCUT2D eigenvalue weighted by Crippen LogP contribution is -1.97. The quantitative estimate of drug-likeness (QED) is 0.776. The maximum atomic E-state index is 9.57. The number of nitrogens with zero attached hydrogens (tertiary/aromatic N) is 1. The number of nitrogens with one attached hydrogen (secondary N) is 1. The molecular weight excluding hydrogens is 272 g/mol. The summed E-state index contributed by atoms with van der Waals surface area (Å²) < 4.78 is 0. The normalized spacial score (nSPS) is 12.4. The first-order valence-corrected chi connectivity index (χ1v) is 7.34. The zero-order valence-electron chi connectivity index (χ0n) is 13.5. The predicted octanol–water partition coefficient (Wildman–Crippen LogP) is 5.04. The molecule has 1 heterocycles. The van der Waals surface area contributed by atoms with Gasteiger partial charge in [0.05, 0.1) is 0 Å². The summed E-state index contributed by atoms with van der Waals surface area (Å²) in [5.74, 6) is 1.10. The smallest absolute Gasteiger partial charge is 0.132 e. The van der Waals surface area contributed by atoms with Crippen LogP contribution in [0.1, 0.15) is 26.3 Å². The molecule has 0 saturated heterocycles. The number of phenolic OH excluding ortho intramolecular Hbond substituents is 1. The fourth-order valence-corrected chi connectivity index (χ4v) is 2.09. The molecule has 0 spiro atoms. The van der Waals surface area contributed by atoms with Crippen molar-refractivity contribution < 1.29 is 5.11 Å². The third-order valence-corrected chi connectivity index (χ3v) is 3.74. The minimum atomic E-state index is 0.262. The molecule has 2 rings (SSSR count). The van der Waals surface area contributed by atoms with E-state index in [2.05, 4.69) is 36.3 Å². The number of hydrogen-bond donors (Lipinski definition) is 2. The molecule has 0 aliphatic heterocycles. The molecule has 0 radical (unpaired) electrons. The highest BCUT2D eigenvalue weighted by molar-refractivity contribution is 5.67. The van der Waals surface area contributed by atoms with E-state index in [0.717, 1.165) is 22.5 Å². The van der Waals surface area contributed by atoms with Crippen LogP contribution in [0.25, 0.3) is 11.1 Å². The van der Waals surface area contributed by atoms with Crippen molar-refractivity contribution in [2.75, 3.05) is 5.32 Å². The van der Waals surface area contributed by atoms with Crippen molar-refractivity contribution in [3.63, 3.8) is 0 Å². The van der Waals surface area contributed by atoms with Gasteiger partial charge in [0, 0.05) is 18.0 Å². The monoisotopic (exact) mass is 294 g/mol. The summed E-state index contributed by atoms with van der Waals surface area (Å²) in [7, 11) is 0. The van der Waals surface area contributed by atoms with E-state index in [0.29, 0.717) is 0 Å². The van der Waals surface area contributed by atoms with E-state index in [9.17, 15) is 5.11 Å². The number of benzene rings is 1. The summed E-state index contributed by atoms with van der Waals surface area (Å²) in [6, 6.07) is 9.26. The van der Waals surface area contributed by atoms with Gasteiger partial charge in [-0.3, -0.25) is 0 Å². The summed E-state index contributed by atoms with van der Waals surface area (Å²) in [4.78, 5) is 4.48. The summed E-state index contributed by atoms with van der Waals surface area (Å²) in [6.45, 7) is 8.20. The SMILES string of the molecule is C/C=C(C)/C(C)=C/Nc1ncc(-c2cccc(O)c2)cc1C. The standard InChI is InChI=1S/C19H22N2O/c1-5-13(2)15(4)11-20-19-14(3)9-17(12-21-19)16-7-6-8-18(22)10-16/h5-12,22H,1-4H3,(H,20,21)/b13-5+,15-11+. The number of hydrogen-bond acceptors (Lipinski definition) is 3. The number of rotatable bonds is 4. The molecule has 0 aliphatic rings. The number of aryl methyl sites for hydroxylation is 1. The first kappa shape index (κ1) is 15.8. The Labute approximate surface area is 132 Å². The number of pyridine rings is 1. The van der Waals surface area contributed by atoms with E-state index in [1.54, 1.807) is 12.1 Å². The Balaban J connectivity index is 2.24. The lowest BCUT2D eigenvalue weighted by molar-refractivity contribution is 0.475. The minimum absolute atomic E-state index is 0.262. The van der Waals surface area contributed by atoms with Crippen LogP contribution < -0.4 is 5.32 Å². The summed E-state index contributed by atoms with van der Waals surface area (Å²) in [5, 5.41) is 12.8. The second-order valence-electron chi connectivity index (χ2n) is 5.38. The van der Waals surface area contributed by atoms with Gasteiger partial charge in [0.25, 0.3) is 0 Å². The van der Waals surface area contributed by atoms with Crippen molar-refractivity contribution in [3.05, 3.63) is 65.5 Å². The van der Waals surface area contributed by atoms with Gasteiger partial charge in [-0.05, 0) is 62.6 Å². The second-order valence-corrected chi connectivity index (χ2v) is 5.38. The van der Waals surface area contributed by atoms with Gasteiger partial charge in [-0.1, -0.05) is 23.8 Å². The molecule has 1 aromatic heterocycles. The third kappa shape index (κ3) is 3.76. The number of aromatic nitrogens is 1. The first-order valence-electron chi connectivity index (χ1n) is 7.34. The molecule has 2 N–H and O–H groups in total. The van der Waals surface area contributed by atoms with Crippen LogP contribution in [0, 0.1) is 6.92 Å². The molecule has 0 saturated carbocycles. The van der Waals surface area contributed by atoms with Crippen LogP contribution in [0.15, 0.2) is 60.0 Å². The lowest BCUT2D eigenvalue weighted by Gasteiger charge is -2.09. The number of aromatic hydroxyl groups is 1. The average Bonchev–Trinajstić information content (AvgIpc) is 2.52. The van der Waals surface area contributed by atoms with E-state index >= 15 is 0 Å². The van der Waals surface area contributed by atoms with Gasteiger partial charge >= 0.3 is 0 Å². The Bertz CT molecular complexity index is 730. The predicted molar refractivity (Wildman–Crippen MR) is 92.9 cm³/mol. The molecule has 22 heavy (non-hydrogen) atoms. The van der Waals surface area contributed by atoms with Crippen molar-refractivity contribution in [2.24, 2.45) is 0 Å². The molecule has 114 valence electrons. The van der Waals surface area contributed by atoms with Gasteiger partial charge in [-0.25, -0.2) is 4.98 Å². The average molecular weight is 294 g/mol. The Morgan fingerprint density at radius 2 is 1.91 bits per heavy atom. The van der Waals surface area contributed by atoms with Gasteiger partial charge in [0.2, 0.25) is 0 Å². The third-order valence-electron chi connectivity index (χ3n) is 3.74. The fraction of sp³-hybridized carbons (Fsp3) is 0.211. The zero-order valence-corrected chi connectivity index (χ0v) is 13.5. The van der Waals surface area contributed by atoms with Crippen LogP contribution in [-0.2, 0) is 0 Å². The van der Waals surface area contributed by atoms with E-state index in [1.165, 1.54) is 11.1 Å². The van der Waals surface area contributed by atoms with Gasteiger partial charge in [0.15, 0.2) is 0 Å². The van der Waals surface area contributed by atoms with Crippen LogP contribution in [-0.4, -0.2) is 10.1 Å². The first-order chi connectivity index (χ1) is 10.5. The van der Waals surface area contributed by atoms with Gasteiger partial charge in [-0.2, -0.15) is 0 Å². The topological polar surface area (TPSA) is 45.2 Å². The van der Waals surface area contributed by atoms with Crippen LogP contribution in [0.3, 0.4) is 0 Å². The molecule has 0 bridgehead atoms. The molecular formula is C19H22N2O. The minimum Gasteiger partial charge on any atom is -0.508 e. The molecule has 3 heteroatoms. The molecule has 0 amide bonds. The maximum Gasteiger partial charge on any atom is 0.132 e. The van der Waals surface area contributed by atoms with Crippen LogP contribution in [0.5, 0.6) is 5.75 Å². The molecule has 0 fully saturated rings. The lowest BCUT2D eigenvalue weighted by atomic mass is 10.1. The van der Waals surface area contributed by atoms with Crippen LogP contribution >= 0.6 is 0 Å². The van der Waals surface area contributed by atoms with Crippen LogP contribution in [0.2, 0.25) is 0 Å². The highest BCUT2D eigenvalue weighted by atomic mass is 16.3. The highest BCUT2D eigenvalue weighted by Gasteiger charge is 2.04. The highest BCUT2D eigenvalue weighted by Crippen LogP contribution is 2.25. The van der Waals surface area contributed by atoms with Crippen molar-refractivity contribution in [1.29, 1.82) is 0 Å². The van der Waals surface area contributed by atoms with E-state index in [1.807, 2.05) is 38.4 Å². The second kappa shape index (κ2) is 6.94. The molecule has 3 nitrogen and oxygen atoms in total. The molecule has 2 aromatic rings. The van der Waals surface area contributed by atoms with E-state index in [4.69, 9.17) is 0 Å². The van der Waals surface area contributed by atoms with Crippen molar-refractivity contribution in [2.45, 2.75) is 27.7 Å². The summed E-state index contributed by atoms with van der Waals surface area (Å²) in [5.41, 5.74) is 5.42. The van der Waals surface area contributed by atoms with Gasteiger partial charge in [0.1, 0.15) is 11.6 Å². The fourth-order valence-electron chi connectivity index (χ4n) is 2.09. The van der Waals surface area contributed by atoms with Crippen molar-refractivity contribution >= 4 is 5.82 Å². The van der Waals surface area contributed by atoms with Gasteiger partial charge in [-0.15, -0.1) is 0 Å². The number of phenols is 1. The van der Waals surface area contributed by atoms with Crippen molar-refractivity contribution in [3.8, 4) is 16.9 Å². The Hall–Kier alpha value is -2.55. The zero-order chi connectivity index (χ0) is 16.1. The maximum absolute atomic E-state index is 9.57. The van der Waals surface area contributed by atoms with E-state index in [-0.39, 0.29) is 5.75 Å². The van der Waals surface area contributed by atoms with Gasteiger partial charge < -0.3 is 10.4 Å². The molecule has 0 aliphatic carbocycles. The number of anilines is 1. The Kier molecular flexibility index (Phi) is 4.99. The molecule has 1 aromatic carbocycles. The van der Waals surface area contributed by atoms with Crippen molar-refractivity contribution in [1.82, 2.24) is 4.98 Å². The summed E-state index contributed by atoms with van der Waals surface area (Å²) in [6.07, 6.45) is 5.87. The number of allylic oxidation sites excluding steroid dienone is 3. The Morgan fingerprint density at radius 3 is 2.55 bits per heavy atom. The summed E-state index contributed by atoms with van der Waals surface area (Å²) >= 11 is 0. The molecule has 0 atom stereocenters.